The SMILES string of the molecule is Cn1cc(CN2CCC3OCCCC3(COc3ccccn3)C2)cn1.O=C(O)C(F)(F)F.O=C(O)C(F)(F)F. The van der Waals surface area contributed by atoms with E-state index >= 15 is 0 Å². The monoisotopic (exact) mass is 570 g/mol. The van der Waals surface area contributed by atoms with Gasteiger partial charge in [-0.1, -0.05) is 6.07 Å². The van der Waals surface area contributed by atoms with E-state index in [1.165, 1.54) is 5.56 Å². The Morgan fingerprint density at radius 2 is 1.79 bits per heavy atom. The normalized spacial score (nSPS) is 21.4. The number of halogens is 6. The van der Waals surface area contributed by atoms with Crippen LogP contribution in [0.4, 0.5) is 26.3 Å². The summed E-state index contributed by atoms with van der Waals surface area (Å²) in [5.74, 6) is -4.81. The minimum absolute atomic E-state index is 0.0518. The number of aromatic nitrogens is 3. The summed E-state index contributed by atoms with van der Waals surface area (Å²) in [5.41, 5.74) is 1.31. The summed E-state index contributed by atoms with van der Waals surface area (Å²) in [7, 11) is 1.97. The third-order valence-electron chi connectivity index (χ3n) is 5.86. The van der Waals surface area contributed by atoms with Gasteiger partial charge in [0.25, 0.3) is 0 Å². The van der Waals surface area contributed by atoms with E-state index < -0.39 is 24.3 Å². The number of pyridine rings is 1. The first-order valence-corrected chi connectivity index (χ1v) is 11.6. The Bertz CT molecular complexity index is 1040. The zero-order valence-corrected chi connectivity index (χ0v) is 20.8. The van der Waals surface area contributed by atoms with Crippen molar-refractivity contribution < 1.29 is 55.6 Å². The molecule has 2 fully saturated rings. The number of carbonyl (C=O) groups is 2. The highest BCUT2D eigenvalue weighted by Crippen LogP contribution is 2.41. The predicted octanol–water partition coefficient (Wildman–Crippen LogP) is 3.53. The lowest BCUT2D eigenvalue weighted by Gasteiger charge is -2.50. The summed E-state index contributed by atoms with van der Waals surface area (Å²) in [6.07, 6.45) is -0.739. The Hall–Kier alpha value is -3.40. The molecular weight excluding hydrogens is 542 g/mol. The maximum atomic E-state index is 10.6. The number of carboxylic acids is 2. The first kappa shape index (κ1) is 31.8. The fourth-order valence-corrected chi connectivity index (χ4v) is 4.19. The lowest BCUT2D eigenvalue weighted by molar-refractivity contribution is -0.193. The molecule has 0 spiro atoms. The van der Waals surface area contributed by atoms with Crippen molar-refractivity contribution in [3.63, 3.8) is 0 Å². The van der Waals surface area contributed by atoms with Gasteiger partial charge in [0.1, 0.15) is 0 Å². The van der Waals surface area contributed by atoms with Crippen LogP contribution in [-0.4, -0.2) is 86.6 Å². The third-order valence-corrected chi connectivity index (χ3v) is 5.86. The Kier molecular flexibility index (Phi) is 11.1. The second-order valence-corrected chi connectivity index (χ2v) is 8.91. The Morgan fingerprint density at radius 1 is 1.15 bits per heavy atom. The summed E-state index contributed by atoms with van der Waals surface area (Å²) in [6.45, 7) is 4.53. The molecule has 2 aromatic heterocycles. The molecule has 218 valence electrons. The number of likely N-dealkylation sites (tertiary alicyclic amines) is 1. The molecule has 2 aliphatic heterocycles. The lowest BCUT2D eigenvalue weighted by atomic mass is 9.73. The van der Waals surface area contributed by atoms with Crippen molar-refractivity contribution in [2.45, 2.75) is 44.3 Å². The number of piperidine rings is 1. The van der Waals surface area contributed by atoms with Crippen molar-refractivity contribution >= 4 is 11.9 Å². The largest absolute Gasteiger partial charge is 0.490 e. The molecule has 2 aliphatic rings. The second-order valence-electron chi connectivity index (χ2n) is 8.91. The first-order chi connectivity index (χ1) is 18.1. The van der Waals surface area contributed by atoms with Crippen molar-refractivity contribution in [3.05, 3.63) is 42.4 Å². The quantitative estimate of drug-likeness (QED) is 0.519. The molecule has 0 bridgehead atoms. The van der Waals surface area contributed by atoms with Crippen LogP contribution < -0.4 is 4.74 Å². The third kappa shape index (κ3) is 10.4. The van der Waals surface area contributed by atoms with Crippen molar-refractivity contribution in [1.82, 2.24) is 19.7 Å². The average molecular weight is 570 g/mol. The van der Waals surface area contributed by atoms with Gasteiger partial charge < -0.3 is 19.7 Å². The standard InChI is InChI=1S/C19H26N4O2.2C2HF3O2/c1-22-12-16(11-21-22)13-23-9-6-17-19(14-23,7-4-10-24-17)15-25-18-5-2-3-8-20-18;2*3-2(4,5)1(6)7/h2-3,5,8,11-12,17H,4,6-7,9-10,13-15H2,1H3;2*(H,6,7). The summed E-state index contributed by atoms with van der Waals surface area (Å²) in [6, 6.07) is 5.80. The van der Waals surface area contributed by atoms with Crippen LogP contribution in [0.5, 0.6) is 5.88 Å². The van der Waals surface area contributed by atoms with Gasteiger partial charge in [0, 0.05) is 62.7 Å². The van der Waals surface area contributed by atoms with Gasteiger partial charge in [-0.25, -0.2) is 14.6 Å². The van der Waals surface area contributed by atoms with Crippen molar-refractivity contribution in [2.24, 2.45) is 12.5 Å². The Balaban J connectivity index is 0.000000317. The molecule has 0 saturated carbocycles. The van der Waals surface area contributed by atoms with Crippen molar-refractivity contribution in [1.29, 1.82) is 0 Å². The fraction of sp³-hybridized carbons (Fsp3) is 0.565. The molecule has 4 heterocycles. The summed E-state index contributed by atoms with van der Waals surface area (Å²) < 4.78 is 77.5. The molecular formula is C23H28F6N4O6. The van der Waals surface area contributed by atoms with Crippen LogP contribution >= 0.6 is 0 Å². The number of hydrogen-bond acceptors (Lipinski definition) is 7. The number of alkyl halides is 6. The Labute approximate surface area is 219 Å². The molecule has 0 amide bonds. The van der Waals surface area contributed by atoms with Crippen molar-refractivity contribution in [2.75, 3.05) is 26.3 Å². The van der Waals surface area contributed by atoms with Gasteiger partial charge in [0.05, 0.1) is 18.9 Å². The number of ether oxygens (including phenoxy) is 2. The number of hydrogen-bond donors (Lipinski definition) is 2. The summed E-state index contributed by atoms with van der Waals surface area (Å²) >= 11 is 0. The number of aryl methyl sites for hydroxylation is 1. The molecule has 2 atom stereocenters. The molecule has 2 N–H and O–H groups in total. The van der Waals surface area contributed by atoms with Gasteiger partial charge in [-0.15, -0.1) is 0 Å². The van der Waals surface area contributed by atoms with Crippen LogP contribution in [0.25, 0.3) is 0 Å². The molecule has 4 rings (SSSR count). The minimum Gasteiger partial charge on any atom is -0.477 e. The molecule has 0 radical (unpaired) electrons. The van der Waals surface area contributed by atoms with Gasteiger partial charge >= 0.3 is 24.3 Å². The van der Waals surface area contributed by atoms with Gasteiger partial charge in [0.15, 0.2) is 0 Å². The topological polar surface area (TPSA) is 127 Å². The number of rotatable bonds is 5. The number of fused-ring (bicyclic) bond motifs is 1. The molecule has 2 unspecified atom stereocenters. The maximum Gasteiger partial charge on any atom is 0.490 e. The Morgan fingerprint density at radius 3 is 2.31 bits per heavy atom. The minimum atomic E-state index is -5.08. The van der Waals surface area contributed by atoms with Gasteiger partial charge in [-0.2, -0.15) is 31.4 Å². The van der Waals surface area contributed by atoms with Crippen LogP contribution in [0.1, 0.15) is 24.8 Å². The van der Waals surface area contributed by atoms with E-state index in [2.05, 4.69) is 21.2 Å². The smallest absolute Gasteiger partial charge is 0.477 e. The molecule has 39 heavy (non-hydrogen) atoms. The molecule has 2 saturated heterocycles. The van der Waals surface area contributed by atoms with Gasteiger partial charge in [-0.05, 0) is 25.3 Å². The molecule has 16 heteroatoms. The molecule has 0 aromatic carbocycles. The molecule has 10 nitrogen and oxygen atoms in total. The van der Waals surface area contributed by atoms with E-state index in [-0.39, 0.29) is 11.5 Å². The summed E-state index contributed by atoms with van der Waals surface area (Å²) in [5, 5.41) is 18.5. The highest BCUT2D eigenvalue weighted by Gasteiger charge is 2.46. The van der Waals surface area contributed by atoms with Gasteiger partial charge in [0.2, 0.25) is 5.88 Å². The predicted molar refractivity (Wildman–Crippen MR) is 122 cm³/mol. The molecule has 0 aliphatic carbocycles. The van der Waals surface area contributed by atoms with E-state index in [0.29, 0.717) is 12.5 Å². The van der Waals surface area contributed by atoms with Crippen LogP contribution in [-0.2, 0) is 27.9 Å². The van der Waals surface area contributed by atoms with E-state index in [9.17, 15) is 26.3 Å². The van der Waals surface area contributed by atoms with E-state index in [1.54, 1.807) is 6.20 Å². The number of carboxylic acid groups (broad SMARTS) is 2. The van der Waals surface area contributed by atoms with Crippen LogP contribution in [0, 0.1) is 5.41 Å². The maximum absolute atomic E-state index is 10.6. The molecule has 2 aromatic rings. The number of aliphatic carboxylic acids is 2. The highest BCUT2D eigenvalue weighted by molar-refractivity contribution is 5.73. The first-order valence-electron chi connectivity index (χ1n) is 11.6. The van der Waals surface area contributed by atoms with E-state index in [4.69, 9.17) is 29.3 Å². The van der Waals surface area contributed by atoms with Crippen molar-refractivity contribution in [3.8, 4) is 5.88 Å². The zero-order valence-electron chi connectivity index (χ0n) is 20.8. The second kappa shape index (κ2) is 13.6. The lowest BCUT2D eigenvalue weighted by Crippen LogP contribution is -2.57. The fourth-order valence-electron chi connectivity index (χ4n) is 4.19. The van der Waals surface area contributed by atoms with Crippen LogP contribution in [0.15, 0.2) is 36.8 Å². The highest BCUT2D eigenvalue weighted by atomic mass is 19.4. The number of nitrogens with zero attached hydrogens (tertiary/aromatic N) is 4. The van der Waals surface area contributed by atoms with Crippen LogP contribution in [0.2, 0.25) is 0 Å². The average Bonchev–Trinajstić information content (AvgIpc) is 3.27. The van der Waals surface area contributed by atoms with Crippen LogP contribution in [0.3, 0.4) is 0 Å². The zero-order chi connectivity index (χ0) is 29.3. The van der Waals surface area contributed by atoms with E-state index in [0.717, 1.165) is 45.5 Å². The van der Waals surface area contributed by atoms with Gasteiger partial charge in [-0.3, -0.25) is 9.58 Å². The van der Waals surface area contributed by atoms with E-state index in [1.807, 2.05) is 36.1 Å². The summed E-state index contributed by atoms with van der Waals surface area (Å²) in [4.78, 5) is 24.6.